The molecule has 1 aliphatic heterocycles. The first kappa shape index (κ1) is 19.4. The zero-order chi connectivity index (χ0) is 19.4. The van der Waals surface area contributed by atoms with Crippen LogP contribution in [0.5, 0.6) is 0 Å². The van der Waals surface area contributed by atoms with Crippen LogP contribution in [0.25, 0.3) is 0 Å². The largest absolute Gasteiger partial charge is 0.339 e. The summed E-state index contributed by atoms with van der Waals surface area (Å²) in [6, 6.07) is 14.6. The maximum atomic E-state index is 12.6. The molecule has 0 unspecified atom stereocenters. The van der Waals surface area contributed by atoms with Crippen LogP contribution in [-0.2, 0) is 16.6 Å². The first-order valence-electron chi connectivity index (χ1n) is 9.28. The third-order valence-corrected chi connectivity index (χ3v) is 6.16. The van der Waals surface area contributed by atoms with Gasteiger partial charge in [-0.2, -0.15) is 0 Å². The van der Waals surface area contributed by atoms with Gasteiger partial charge in [0.05, 0.1) is 18.5 Å². The fourth-order valence-electron chi connectivity index (χ4n) is 3.39. The number of nitrogens with zero attached hydrogens (tertiary/aromatic N) is 2. The Morgan fingerprint density at radius 2 is 1.63 bits per heavy atom. The summed E-state index contributed by atoms with van der Waals surface area (Å²) in [5.41, 5.74) is 3.17. The van der Waals surface area contributed by atoms with Crippen LogP contribution in [0.15, 0.2) is 48.5 Å². The van der Waals surface area contributed by atoms with Crippen LogP contribution in [0.1, 0.15) is 40.7 Å². The summed E-state index contributed by atoms with van der Waals surface area (Å²) in [6.07, 6.45) is 4.47. The highest BCUT2D eigenvalue weighted by atomic mass is 32.2. The minimum Gasteiger partial charge on any atom is -0.339 e. The monoisotopic (exact) mass is 386 g/mol. The number of piperidine rings is 1. The molecule has 0 N–H and O–H groups in total. The number of aryl methyl sites for hydroxylation is 1. The van der Waals surface area contributed by atoms with Crippen molar-refractivity contribution in [3.05, 3.63) is 65.2 Å². The molecule has 0 radical (unpaired) electrons. The number of carbonyl (C=O) groups excluding carboxylic acids is 1. The van der Waals surface area contributed by atoms with E-state index < -0.39 is 10.0 Å². The second-order valence-corrected chi connectivity index (χ2v) is 9.00. The number of hydrogen-bond donors (Lipinski definition) is 0. The Kier molecular flexibility index (Phi) is 5.85. The molecule has 1 fully saturated rings. The second kappa shape index (κ2) is 8.13. The van der Waals surface area contributed by atoms with Gasteiger partial charge in [-0.15, -0.1) is 0 Å². The summed E-state index contributed by atoms with van der Waals surface area (Å²) in [6.45, 7) is 3.83. The van der Waals surface area contributed by atoms with E-state index in [0.717, 1.165) is 37.1 Å². The van der Waals surface area contributed by atoms with E-state index in [2.05, 4.69) is 0 Å². The van der Waals surface area contributed by atoms with E-state index >= 15 is 0 Å². The molecule has 5 nitrogen and oxygen atoms in total. The second-order valence-electron chi connectivity index (χ2n) is 7.10. The molecule has 0 saturated carbocycles. The fourth-order valence-corrected chi connectivity index (χ4v) is 4.27. The molecule has 144 valence electrons. The minimum absolute atomic E-state index is 0.0195. The number of carbonyl (C=O) groups is 1. The van der Waals surface area contributed by atoms with Crippen LogP contribution in [0, 0.1) is 6.92 Å². The summed E-state index contributed by atoms with van der Waals surface area (Å²) in [4.78, 5) is 14.5. The van der Waals surface area contributed by atoms with Gasteiger partial charge in [-0.05, 0) is 61.6 Å². The zero-order valence-corrected chi connectivity index (χ0v) is 16.7. The molecule has 0 spiro atoms. The fraction of sp³-hybridized carbons (Fsp3) is 0.381. The number of sulfonamides is 1. The first-order chi connectivity index (χ1) is 12.9. The Balaban J connectivity index is 1.83. The van der Waals surface area contributed by atoms with E-state index in [9.17, 15) is 13.2 Å². The highest BCUT2D eigenvalue weighted by Gasteiger charge is 2.21. The van der Waals surface area contributed by atoms with E-state index in [4.69, 9.17) is 0 Å². The van der Waals surface area contributed by atoms with Gasteiger partial charge in [0.15, 0.2) is 0 Å². The Bertz CT molecular complexity index is 901. The van der Waals surface area contributed by atoms with Crippen LogP contribution in [0.2, 0.25) is 0 Å². The molecule has 1 saturated heterocycles. The number of anilines is 1. The third kappa shape index (κ3) is 4.69. The van der Waals surface area contributed by atoms with E-state index in [-0.39, 0.29) is 12.5 Å². The smallest absolute Gasteiger partial charge is 0.253 e. The molecule has 0 bridgehead atoms. The van der Waals surface area contributed by atoms with Crippen LogP contribution in [0.4, 0.5) is 5.69 Å². The minimum atomic E-state index is -3.45. The number of benzene rings is 2. The van der Waals surface area contributed by atoms with Crippen molar-refractivity contribution in [2.24, 2.45) is 0 Å². The van der Waals surface area contributed by atoms with Crippen molar-refractivity contribution in [1.82, 2.24) is 4.90 Å². The lowest BCUT2D eigenvalue weighted by atomic mass is 10.1. The normalized spacial score (nSPS) is 14.8. The standard InChI is InChI=1S/C21H26N2O3S/c1-17-8-4-5-9-19(17)16-23(27(2,25)26)20-12-10-18(11-13-20)21(24)22-14-6-3-7-15-22/h4-5,8-13H,3,6-7,14-16H2,1-2H3. The van der Waals surface area contributed by atoms with Gasteiger partial charge in [0.1, 0.15) is 0 Å². The predicted molar refractivity (Wildman–Crippen MR) is 108 cm³/mol. The molecule has 27 heavy (non-hydrogen) atoms. The molecule has 3 rings (SSSR count). The van der Waals surface area contributed by atoms with Crippen LogP contribution in [0.3, 0.4) is 0 Å². The van der Waals surface area contributed by atoms with Crippen molar-refractivity contribution < 1.29 is 13.2 Å². The lowest BCUT2D eigenvalue weighted by Crippen LogP contribution is -2.35. The van der Waals surface area contributed by atoms with Crippen molar-refractivity contribution in [3.63, 3.8) is 0 Å². The molecule has 1 aliphatic rings. The maximum Gasteiger partial charge on any atom is 0.253 e. The van der Waals surface area contributed by atoms with Gasteiger partial charge in [0.2, 0.25) is 10.0 Å². The quantitative estimate of drug-likeness (QED) is 0.789. The maximum absolute atomic E-state index is 12.6. The topological polar surface area (TPSA) is 57.7 Å². The Hall–Kier alpha value is -2.34. The molecule has 0 atom stereocenters. The van der Waals surface area contributed by atoms with Crippen molar-refractivity contribution in [3.8, 4) is 0 Å². The lowest BCUT2D eigenvalue weighted by molar-refractivity contribution is 0.0724. The molecule has 0 aromatic heterocycles. The summed E-state index contributed by atoms with van der Waals surface area (Å²) < 4.78 is 26.1. The Morgan fingerprint density at radius 1 is 1.00 bits per heavy atom. The van der Waals surface area contributed by atoms with E-state index in [0.29, 0.717) is 11.3 Å². The predicted octanol–water partition coefficient (Wildman–Crippen LogP) is 3.59. The van der Waals surface area contributed by atoms with Crippen molar-refractivity contribution >= 4 is 21.6 Å². The molecule has 2 aromatic carbocycles. The van der Waals surface area contributed by atoms with Crippen molar-refractivity contribution in [2.45, 2.75) is 32.7 Å². The van der Waals surface area contributed by atoms with E-state index in [1.54, 1.807) is 24.3 Å². The molecule has 1 amide bonds. The Morgan fingerprint density at radius 3 is 2.22 bits per heavy atom. The summed E-state index contributed by atoms with van der Waals surface area (Å²) in [7, 11) is -3.45. The molecule has 0 aliphatic carbocycles. The van der Waals surface area contributed by atoms with Crippen LogP contribution < -0.4 is 4.31 Å². The van der Waals surface area contributed by atoms with Crippen LogP contribution >= 0.6 is 0 Å². The number of rotatable bonds is 5. The SMILES string of the molecule is Cc1ccccc1CN(c1ccc(C(=O)N2CCCCC2)cc1)S(C)(=O)=O. The van der Waals surface area contributed by atoms with Gasteiger partial charge in [-0.1, -0.05) is 24.3 Å². The number of likely N-dealkylation sites (tertiary alicyclic amines) is 1. The molecule has 2 aromatic rings. The zero-order valence-electron chi connectivity index (χ0n) is 15.9. The summed E-state index contributed by atoms with van der Waals surface area (Å²) in [5.74, 6) is 0.0195. The Labute approximate surface area is 161 Å². The number of hydrogen-bond acceptors (Lipinski definition) is 3. The number of amides is 1. The average molecular weight is 387 g/mol. The average Bonchev–Trinajstić information content (AvgIpc) is 2.67. The van der Waals surface area contributed by atoms with Crippen LogP contribution in [-0.4, -0.2) is 38.6 Å². The van der Waals surface area contributed by atoms with Gasteiger partial charge >= 0.3 is 0 Å². The van der Waals surface area contributed by atoms with Gasteiger partial charge in [0, 0.05) is 18.7 Å². The summed E-state index contributed by atoms with van der Waals surface area (Å²) in [5, 5.41) is 0. The van der Waals surface area contributed by atoms with Gasteiger partial charge < -0.3 is 4.90 Å². The lowest BCUT2D eigenvalue weighted by Gasteiger charge is -2.27. The molecule has 6 heteroatoms. The molecular formula is C21H26N2O3S. The van der Waals surface area contributed by atoms with Crippen molar-refractivity contribution in [2.75, 3.05) is 23.7 Å². The summed E-state index contributed by atoms with van der Waals surface area (Å²) >= 11 is 0. The third-order valence-electron chi connectivity index (χ3n) is 5.02. The molecule has 1 heterocycles. The first-order valence-corrected chi connectivity index (χ1v) is 11.1. The van der Waals surface area contributed by atoms with E-state index in [1.807, 2.05) is 36.1 Å². The van der Waals surface area contributed by atoms with Gasteiger partial charge in [-0.25, -0.2) is 8.42 Å². The van der Waals surface area contributed by atoms with E-state index in [1.165, 1.54) is 17.0 Å². The highest BCUT2D eigenvalue weighted by molar-refractivity contribution is 7.92. The highest BCUT2D eigenvalue weighted by Crippen LogP contribution is 2.23. The van der Waals surface area contributed by atoms with Crippen molar-refractivity contribution in [1.29, 1.82) is 0 Å². The van der Waals surface area contributed by atoms with Gasteiger partial charge in [-0.3, -0.25) is 9.10 Å². The molecular weight excluding hydrogens is 360 g/mol. The van der Waals surface area contributed by atoms with Gasteiger partial charge in [0.25, 0.3) is 5.91 Å².